The minimum absolute atomic E-state index is 0.307. The highest BCUT2D eigenvalue weighted by atomic mass is 15.1. The predicted octanol–water partition coefficient (Wildman–Crippen LogP) is 3.85. The van der Waals surface area contributed by atoms with Crippen molar-refractivity contribution in [1.82, 2.24) is 4.90 Å². The van der Waals surface area contributed by atoms with E-state index in [2.05, 4.69) is 87.1 Å². The van der Waals surface area contributed by atoms with Crippen molar-refractivity contribution in [2.75, 3.05) is 14.1 Å². The Bertz CT molecular complexity index is 547. The maximum absolute atomic E-state index is 2.27. The summed E-state index contributed by atoms with van der Waals surface area (Å²) in [5, 5.41) is 2.64. The molecule has 1 saturated carbocycles. The molecule has 2 aromatic carbocycles. The Labute approximate surface area is 116 Å². The van der Waals surface area contributed by atoms with Crippen LogP contribution in [0, 0.1) is 31.6 Å². The number of benzene rings is 2. The number of fused-ring (bicyclic) bond motifs is 1. The van der Waals surface area contributed by atoms with Crippen molar-refractivity contribution < 1.29 is 0 Å². The van der Waals surface area contributed by atoms with Crippen molar-refractivity contribution in [3.05, 3.63) is 79.6 Å². The van der Waals surface area contributed by atoms with Gasteiger partial charge in [0, 0.05) is 12.0 Å². The molecule has 0 N–H and O–H groups in total. The van der Waals surface area contributed by atoms with Crippen LogP contribution in [-0.4, -0.2) is 19.0 Å². The summed E-state index contributed by atoms with van der Waals surface area (Å²) in [6.45, 7) is 0. The maximum atomic E-state index is 2.27. The monoisotopic (exact) mass is 248 g/mol. The van der Waals surface area contributed by atoms with Gasteiger partial charge in [0.25, 0.3) is 0 Å². The molecular formula is C18H18N. The minimum atomic E-state index is 0.307. The van der Waals surface area contributed by atoms with E-state index >= 15 is 0 Å². The van der Waals surface area contributed by atoms with E-state index in [1.54, 1.807) is 0 Å². The van der Waals surface area contributed by atoms with Gasteiger partial charge < -0.3 is 4.90 Å². The highest BCUT2D eigenvalue weighted by Gasteiger charge is 2.30. The second-order valence-electron chi connectivity index (χ2n) is 5.15. The van der Waals surface area contributed by atoms with E-state index in [1.165, 1.54) is 22.3 Å². The van der Waals surface area contributed by atoms with Gasteiger partial charge >= 0.3 is 0 Å². The smallest absolute Gasteiger partial charge is 0.0416 e. The van der Waals surface area contributed by atoms with E-state index in [0.717, 1.165) is 0 Å². The molecule has 1 aliphatic carbocycles. The van der Waals surface area contributed by atoms with E-state index in [4.69, 9.17) is 0 Å². The van der Waals surface area contributed by atoms with Gasteiger partial charge in [0.1, 0.15) is 0 Å². The van der Waals surface area contributed by atoms with E-state index in [1.807, 2.05) is 0 Å². The molecule has 1 fully saturated rings. The van der Waals surface area contributed by atoms with Crippen LogP contribution in [0.2, 0.25) is 0 Å². The lowest BCUT2D eigenvalue weighted by Gasteiger charge is -2.30. The molecule has 3 rings (SSSR count). The van der Waals surface area contributed by atoms with Gasteiger partial charge in [-0.1, -0.05) is 42.5 Å². The fourth-order valence-electron chi connectivity index (χ4n) is 2.82. The van der Waals surface area contributed by atoms with Crippen LogP contribution in [-0.2, 0) is 0 Å². The third-order valence-corrected chi connectivity index (χ3v) is 3.64. The second-order valence-corrected chi connectivity index (χ2v) is 5.15. The first-order chi connectivity index (χ1) is 9.27. The number of rotatable bonds is 3. The van der Waals surface area contributed by atoms with Crippen LogP contribution in [0.1, 0.15) is 11.6 Å². The van der Waals surface area contributed by atoms with Crippen molar-refractivity contribution in [3.63, 3.8) is 0 Å². The van der Waals surface area contributed by atoms with Crippen LogP contribution < -0.4 is 0 Å². The van der Waals surface area contributed by atoms with Crippen molar-refractivity contribution >= 4 is 10.8 Å². The number of hydrogen-bond acceptors (Lipinski definition) is 1. The van der Waals surface area contributed by atoms with Crippen molar-refractivity contribution in [1.29, 1.82) is 0 Å². The van der Waals surface area contributed by atoms with Gasteiger partial charge in [-0.3, -0.25) is 0 Å². The standard InChI is InChI=1S/C18H18N/c1-19(2)18(15-9-3-4-10-15)17-13-7-11-14-8-5-6-12-16(14)17/h3-13,18H,1-2H3. The lowest BCUT2D eigenvalue weighted by molar-refractivity contribution is 0.322. The van der Waals surface area contributed by atoms with Gasteiger partial charge in [-0.05, 0) is 56.1 Å². The summed E-state index contributed by atoms with van der Waals surface area (Å²) in [5.41, 5.74) is 1.37. The first kappa shape index (κ1) is 12.7. The number of nitrogens with zero attached hydrogens (tertiary/aromatic N) is 1. The highest BCUT2D eigenvalue weighted by molar-refractivity contribution is 5.86. The largest absolute Gasteiger partial charge is 0.302 e. The summed E-state index contributed by atoms with van der Waals surface area (Å²) in [5.74, 6) is 1.35. The molecule has 0 spiro atoms. The molecule has 1 unspecified atom stereocenters. The third kappa shape index (κ3) is 2.40. The lowest BCUT2D eigenvalue weighted by Crippen LogP contribution is -2.25. The van der Waals surface area contributed by atoms with E-state index in [9.17, 15) is 0 Å². The predicted molar refractivity (Wildman–Crippen MR) is 80.8 cm³/mol. The topological polar surface area (TPSA) is 3.24 Å². The zero-order valence-electron chi connectivity index (χ0n) is 11.4. The van der Waals surface area contributed by atoms with Gasteiger partial charge in [-0.2, -0.15) is 0 Å². The summed E-state index contributed by atoms with van der Waals surface area (Å²) in [6.07, 6.45) is 8.62. The molecule has 5 radical (unpaired) electrons. The molecule has 0 bridgehead atoms. The summed E-state index contributed by atoms with van der Waals surface area (Å²) >= 11 is 0. The molecule has 1 atom stereocenters. The Morgan fingerprint density at radius 1 is 0.842 bits per heavy atom. The Morgan fingerprint density at radius 2 is 1.53 bits per heavy atom. The molecule has 0 heterocycles. The lowest BCUT2D eigenvalue weighted by atomic mass is 9.88. The van der Waals surface area contributed by atoms with Gasteiger partial charge in [0.2, 0.25) is 0 Å². The van der Waals surface area contributed by atoms with Crippen molar-refractivity contribution in [3.8, 4) is 0 Å². The number of hydrogen-bond donors (Lipinski definition) is 0. The zero-order valence-corrected chi connectivity index (χ0v) is 11.4. The fraction of sp³-hybridized carbons (Fsp3) is 0.167. The molecule has 0 amide bonds. The first-order valence-corrected chi connectivity index (χ1v) is 6.63. The van der Waals surface area contributed by atoms with Crippen molar-refractivity contribution in [2.24, 2.45) is 0 Å². The van der Waals surface area contributed by atoms with Crippen LogP contribution in [0.25, 0.3) is 10.8 Å². The summed E-state index contributed by atoms with van der Waals surface area (Å²) in [4.78, 5) is 2.27. The van der Waals surface area contributed by atoms with Gasteiger partial charge in [-0.15, -0.1) is 0 Å². The summed E-state index contributed by atoms with van der Waals surface area (Å²) < 4.78 is 0. The molecule has 1 aliphatic rings. The van der Waals surface area contributed by atoms with Crippen LogP contribution in [0.15, 0.2) is 42.5 Å². The molecule has 95 valence electrons. The first-order valence-electron chi connectivity index (χ1n) is 6.63. The molecule has 0 aliphatic heterocycles. The van der Waals surface area contributed by atoms with Gasteiger partial charge in [0.15, 0.2) is 0 Å². The van der Waals surface area contributed by atoms with E-state index in [-0.39, 0.29) is 0 Å². The second kappa shape index (κ2) is 5.34. The Morgan fingerprint density at radius 3 is 2.26 bits per heavy atom. The Hall–Kier alpha value is -1.34. The minimum Gasteiger partial charge on any atom is -0.302 e. The molecule has 0 aromatic heterocycles. The SMILES string of the molecule is CN(C)C([C]1[CH][CH][CH][CH]1)c1cccc2ccccc12. The molecule has 19 heavy (non-hydrogen) atoms. The molecule has 2 aromatic rings. The Kier molecular flexibility index (Phi) is 3.56. The summed E-state index contributed by atoms with van der Waals surface area (Å²) in [7, 11) is 4.28. The summed E-state index contributed by atoms with van der Waals surface area (Å²) in [6, 6.07) is 15.5. The quantitative estimate of drug-likeness (QED) is 0.797. The zero-order chi connectivity index (χ0) is 13.2. The van der Waals surface area contributed by atoms with Crippen LogP contribution in [0.3, 0.4) is 0 Å². The van der Waals surface area contributed by atoms with Crippen LogP contribution in [0.4, 0.5) is 0 Å². The molecular weight excluding hydrogens is 230 g/mol. The normalized spacial score (nSPS) is 18.3. The van der Waals surface area contributed by atoms with E-state index < -0.39 is 0 Å². The molecule has 1 heteroatoms. The van der Waals surface area contributed by atoms with Crippen molar-refractivity contribution in [2.45, 2.75) is 6.04 Å². The van der Waals surface area contributed by atoms with E-state index in [0.29, 0.717) is 6.04 Å². The fourth-order valence-corrected chi connectivity index (χ4v) is 2.82. The Balaban J connectivity index is 2.09. The maximum Gasteiger partial charge on any atom is 0.0416 e. The molecule has 0 saturated heterocycles. The average Bonchev–Trinajstić information content (AvgIpc) is 2.93. The highest BCUT2D eigenvalue weighted by Crippen LogP contribution is 2.40. The van der Waals surface area contributed by atoms with Crippen LogP contribution >= 0.6 is 0 Å². The average molecular weight is 248 g/mol. The van der Waals surface area contributed by atoms with Gasteiger partial charge in [-0.25, -0.2) is 0 Å². The van der Waals surface area contributed by atoms with Gasteiger partial charge in [0.05, 0.1) is 0 Å². The molecule has 1 nitrogen and oxygen atoms in total. The third-order valence-electron chi connectivity index (χ3n) is 3.64. The van der Waals surface area contributed by atoms with Crippen LogP contribution in [0.5, 0.6) is 0 Å².